The number of hydrogen-bond donors (Lipinski definition) is 0. The Labute approximate surface area is 120 Å². The van der Waals surface area contributed by atoms with Crippen LogP contribution in [0.25, 0.3) is 0 Å². The van der Waals surface area contributed by atoms with E-state index >= 15 is 0 Å². The summed E-state index contributed by atoms with van der Waals surface area (Å²) < 4.78 is 13.8. The molecular formula is C15H25N3O2. The van der Waals surface area contributed by atoms with E-state index in [1.807, 2.05) is 18.0 Å². The third kappa shape index (κ3) is 2.62. The van der Waals surface area contributed by atoms with Gasteiger partial charge in [0.1, 0.15) is 0 Å². The van der Waals surface area contributed by atoms with Crippen LogP contribution in [0, 0.1) is 0 Å². The van der Waals surface area contributed by atoms with Crippen molar-refractivity contribution in [3.8, 4) is 0 Å². The van der Waals surface area contributed by atoms with Crippen LogP contribution in [0.5, 0.6) is 0 Å². The Hall–Kier alpha value is -0.910. The number of aromatic nitrogens is 2. The van der Waals surface area contributed by atoms with Crippen LogP contribution in [0.3, 0.4) is 0 Å². The highest BCUT2D eigenvalue weighted by Gasteiger charge is 2.46. The van der Waals surface area contributed by atoms with E-state index in [2.05, 4.69) is 23.1 Å². The number of rotatable bonds is 4. The molecule has 0 aliphatic carbocycles. The van der Waals surface area contributed by atoms with Crippen molar-refractivity contribution in [1.82, 2.24) is 14.7 Å². The predicted octanol–water partition coefficient (Wildman–Crippen LogP) is 1.67. The van der Waals surface area contributed by atoms with Crippen molar-refractivity contribution in [3.05, 3.63) is 18.0 Å². The molecule has 0 radical (unpaired) electrons. The van der Waals surface area contributed by atoms with Crippen LogP contribution < -0.4 is 0 Å². The van der Waals surface area contributed by atoms with E-state index in [1.54, 1.807) is 0 Å². The number of piperidine rings is 1. The van der Waals surface area contributed by atoms with E-state index < -0.39 is 0 Å². The van der Waals surface area contributed by atoms with Gasteiger partial charge in [-0.15, -0.1) is 0 Å². The molecule has 0 unspecified atom stereocenters. The molecule has 2 aliphatic rings. The summed E-state index contributed by atoms with van der Waals surface area (Å²) in [6, 6.07) is 0. The molecule has 0 amide bonds. The second-order valence-corrected chi connectivity index (χ2v) is 5.93. The number of aryl methyl sites for hydroxylation is 1. The molecular weight excluding hydrogens is 254 g/mol. The average molecular weight is 279 g/mol. The van der Waals surface area contributed by atoms with Gasteiger partial charge in [0.05, 0.1) is 17.9 Å². The van der Waals surface area contributed by atoms with E-state index in [9.17, 15) is 0 Å². The van der Waals surface area contributed by atoms with Gasteiger partial charge >= 0.3 is 0 Å². The lowest BCUT2D eigenvalue weighted by atomic mass is 9.85. The second kappa shape index (κ2) is 5.84. The lowest BCUT2D eigenvalue weighted by Gasteiger charge is -2.44. The smallest absolute Gasteiger partial charge is 0.0987 e. The maximum absolute atomic E-state index is 6.04. The number of nitrogens with zero attached hydrogens (tertiary/aromatic N) is 3. The molecule has 1 aromatic heterocycles. The molecule has 0 saturated carbocycles. The van der Waals surface area contributed by atoms with Gasteiger partial charge in [0.2, 0.25) is 0 Å². The van der Waals surface area contributed by atoms with Crippen LogP contribution >= 0.6 is 0 Å². The summed E-state index contributed by atoms with van der Waals surface area (Å²) in [6.07, 6.45) is 7.70. The van der Waals surface area contributed by atoms with Crippen molar-refractivity contribution in [2.24, 2.45) is 0 Å². The maximum Gasteiger partial charge on any atom is 0.0987 e. The first-order valence-corrected chi connectivity index (χ1v) is 7.66. The Morgan fingerprint density at radius 2 is 2.40 bits per heavy atom. The Morgan fingerprint density at radius 3 is 3.05 bits per heavy atom. The van der Waals surface area contributed by atoms with E-state index in [0.29, 0.717) is 0 Å². The summed E-state index contributed by atoms with van der Waals surface area (Å²) in [5.74, 6) is 0. The Balaban J connectivity index is 1.62. The van der Waals surface area contributed by atoms with Crippen molar-refractivity contribution >= 4 is 0 Å². The standard InChI is InChI=1S/C15H25N3O2/c1-3-18-11-13(9-16-18)10-17-7-6-15(5-4-8-20-15)14(12-17)19-2/h9,11,14H,3-8,10,12H2,1-2H3/t14-,15-/m0/s1. The maximum atomic E-state index is 6.04. The van der Waals surface area contributed by atoms with E-state index in [-0.39, 0.29) is 11.7 Å². The highest BCUT2D eigenvalue weighted by atomic mass is 16.5. The lowest BCUT2D eigenvalue weighted by Crippen LogP contribution is -2.55. The molecule has 3 heterocycles. The van der Waals surface area contributed by atoms with Gasteiger partial charge in [0, 0.05) is 51.7 Å². The SMILES string of the molecule is CCn1cc(CN2CC[C@@]3(CCCO3)[C@@H](OC)C2)cn1. The third-order valence-corrected chi connectivity index (χ3v) is 4.70. The van der Waals surface area contributed by atoms with Crippen LogP contribution in [-0.4, -0.2) is 53.2 Å². The minimum Gasteiger partial charge on any atom is -0.377 e. The molecule has 3 rings (SSSR count). The lowest BCUT2D eigenvalue weighted by molar-refractivity contribution is -0.143. The highest BCUT2D eigenvalue weighted by Crippen LogP contribution is 2.37. The van der Waals surface area contributed by atoms with E-state index in [4.69, 9.17) is 9.47 Å². The van der Waals surface area contributed by atoms with E-state index in [0.717, 1.165) is 45.6 Å². The summed E-state index contributed by atoms with van der Waals surface area (Å²) in [6.45, 7) is 6.92. The van der Waals surface area contributed by atoms with Gasteiger partial charge < -0.3 is 9.47 Å². The normalized spacial score (nSPS) is 31.2. The van der Waals surface area contributed by atoms with Gasteiger partial charge in [-0.3, -0.25) is 9.58 Å². The molecule has 2 fully saturated rings. The monoisotopic (exact) mass is 279 g/mol. The summed E-state index contributed by atoms with van der Waals surface area (Å²) in [7, 11) is 1.81. The number of ether oxygens (including phenoxy) is 2. The Kier molecular flexibility index (Phi) is 4.10. The van der Waals surface area contributed by atoms with Crippen LogP contribution in [0.15, 0.2) is 12.4 Å². The minimum absolute atomic E-state index is 0.0150. The fraction of sp³-hybridized carbons (Fsp3) is 0.800. The fourth-order valence-corrected chi connectivity index (χ4v) is 3.52. The summed E-state index contributed by atoms with van der Waals surface area (Å²) >= 11 is 0. The molecule has 1 spiro atoms. The average Bonchev–Trinajstić information content (AvgIpc) is 3.11. The van der Waals surface area contributed by atoms with Gasteiger partial charge in [-0.1, -0.05) is 0 Å². The molecule has 0 bridgehead atoms. The minimum atomic E-state index is -0.0150. The van der Waals surface area contributed by atoms with Crippen molar-refractivity contribution in [3.63, 3.8) is 0 Å². The van der Waals surface area contributed by atoms with Crippen LogP contribution in [0.2, 0.25) is 0 Å². The van der Waals surface area contributed by atoms with Crippen molar-refractivity contribution in [2.45, 2.75) is 51.0 Å². The first-order chi connectivity index (χ1) is 9.75. The van der Waals surface area contributed by atoms with Crippen molar-refractivity contribution in [1.29, 1.82) is 0 Å². The zero-order chi connectivity index (χ0) is 14.0. The van der Waals surface area contributed by atoms with Crippen LogP contribution in [0.4, 0.5) is 0 Å². The third-order valence-electron chi connectivity index (χ3n) is 4.70. The van der Waals surface area contributed by atoms with Crippen LogP contribution in [0.1, 0.15) is 31.7 Å². The molecule has 2 atom stereocenters. The Bertz CT molecular complexity index is 440. The molecule has 20 heavy (non-hydrogen) atoms. The van der Waals surface area contributed by atoms with Gasteiger partial charge in [-0.2, -0.15) is 5.10 Å². The van der Waals surface area contributed by atoms with Gasteiger partial charge in [0.15, 0.2) is 0 Å². The second-order valence-electron chi connectivity index (χ2n) is 5.93. The molecule has 0 N–H and O–H groups in total. The van der Waals surface area contributed by atoms with Crippen molar-refractivity contribution in [2.75, 3.05) is 26.8 Å². The number of methoxy groups -OCH3 is 1. The first-order valence-electron chi connectivity index (χ1n) is 7.66. The van der Waals surface area contributed by atoms with Crippen molar-refractivity contribution < 1.29 is 9.47 Å². The summed E-state index contributed by atoms with van der Waals surface area (Å²) in [5.41, 5.74) is 1.27. The zero-order valence-electron chi connectivity index (χ0n) is 12.5. The van der Waals surface area contributed by atoms with Gasteiger partial charge in [-0.25, -0.2) is 0 Å². The molecule has 5 nitrogen and oxygen atoms in total. The molecule has 112 valence electrons. The topological polar surface area (TPSA) is 39.5 Å². The van der Waals surface area contributed by atoms with Gasteiger partial charge in [0.25, 0.3) is 0 Å². The largest absolute Gasteiger partial charge is 0.377 e. The van der Waals surface area contributed by atoms with E-state index in [1.165, 1.54) is 12.0 Å². The molecule has 1 aromatic rings. The van der Waals surface area contributed by atoms with Crippen LogP contribution in [-0.2, 0) is 22.6 Å². The number of likely N-dealkylation sites (tertiary alicyclic amines) is 1. The predicted molar refractivity (Wildman–Crippen MR) is 76.5 cm³/mol. The first kappa shape index (κ1) is 14.0. The quantitative estimate of drug-likeness (QED) is 0.840. The summed E-state index contributed by atoms with van der Waals surface area (Å²) in [4.78, 5) is 2.46. The molecule has 5 heteroatoms. The fourth-order valence-electron chi connectivity index (χ4n) is 3.52. The zero-order valence-corrected chi connectivity index (χ0v) is 12.5. The molecule has 2 aliphatic heterocycles. The summed E-state index contributed by atoms with van der Waals surface area (Å²) in [5, 5.41) is 4.34. The highest BCUT2D eigenvalue weighted by molar-refractivity contribution is 5.06. The Morgan fingerprint density at radius 1 is 1.50 bits per heavy atom. The number of hydrogen-bond acceptors (Lipinski definition) is 4. The van der Waals surface area contributed by atoms with Gasteiger partial charge in [-0.05, 0) is 26.2 Å². The molecule has 2 saturated heterocycles. The molecule has 0 aromatic carbocycles.